The number of carbonyl (C=O) groups excluding carboxylic acids is 3. The van der Waals surface area contributed by atoms with Crippen molar-refractivity contribution in [3.63, 3.8) is 0 Å². The number of aliphatic hydroxyl groups excluding tert-OH is 1. The average molecular weight is 490 g/mol. The molecule has 2 bridgehead atoms. The molecule has 3 unspecified atom stereocenters. The number of nitrogens with one attached hydrogen (secondary N) is 2. The van der Waals surface area contributed by atoms with Crippen molar-refractivity contribution >= 4 is 45.4 Å². The minimum absolute atomic E-state index is 0.0434. The molecule has 0 saturated carbocycles. The van der Waals surface area contributed by atoms with E-state index < -0.39 is 28.7 Å². The predicted octanol–water partition coefficient (Wildman–Crippen LogP) is 1.13. The van der Waals surface area contributed by atoms with Gasteiger partial charge in [-0.15, -0.1) is 11.8 Å². The predicted molar refractivity (Wildman–Crippen MR) is 117 cm³/mol. The van der Waals surface area contributed by atoms with Gasteiger partial charge in [-0.1, -0.05) is 29.8 Å². The van der Waals surface area contributed by atoms with Crippen LogP contribution in [-0.4, -0.2) is 74.3 Å². The number of carbonyl (C=O) groups is 3. The lowest BCUT2D eigenvalue weighted by atomic mass is 9.70. The van der Waals surface area contributed by atoms with E-state index >= 15 is 0 Å². The Hall–Kier alpha value is -0.800. The molecular weight excluding hydrogens is 458 g/mol. The maximum Gasteiger partial charge on any atom is 0.244 e. The lowest BCUT2D eigenvalue weighted by Crippen LogP contribution is -2.58. The number of fused-ring (bicyclic) bond motifs is 1. The Balaban J connectivity index is 2.09. The van der Waals surface area contributed by atoms with Crippen LogP contribution in [0.2, 0.25) is 0 Å². The van der Waals surface area contributed by atoms with E-state index in [0.29, 0.717) is 12.8 Å². The molecule has 1 spiro atoms. The third kappa shape index (κ3) is 3.61. The van der Waals surface area contributed by atoms with Gasteiger partial charge in [0.25, 0.3) is 0 Å². The van der Waals surface area contributed by atoms with Crippen LogP contribution in [0.25, 0.3) is 0 Å². The van der Waals surface area contributed by atoms with Crippen LogP contribution >= 0.6 is 27.7 Å². The highest BCUT2D eigenvalue weighted by molar-refractivity contribution is 9.09. The molecule has 3 N–H and O–H groups in total. The number of nitrogens with zero attached hydrogens (tertiary/aromatic N) is 1. The van der Waals surface area contributed by atoms with Gasteiger partial charge in [-0.2, -0.15) is 0 Å². The number of hydrogen-bond donors (Lipinski definition) is 3. The first-order chi connectivity index (χ1) is 13.6. The molecule has 3 saturated heterocycles. The van der Waals surface area contributed by atoms with E-state index in [4.69, 9.17) is 0 Å². The maximum absolute atomic E-state index is 13.7. The van der Waals surface area contributed by atoms with E-state index in [0.717, 1.165) is 0 Å². The molecule has 3 aliphatic rings. The lowest BCUT2D eigenvalue weighted by Gasteiger charge is -2.38. The summed E-state index contributed by atoms with van der Waals surface area (Å²) in [5, 5.41) is 15.8. The van der Waals surface area contributed by atoms with Crippen LogP contribution in [0.3, 0.4) is 0 Å². The summed E-state index contributed by atoms with van der Waals surface area (Å²) in [7, 11) is 1.59. The van der Waals surface area contributed by atoms with Crippen molar-refractivity contribution in [2.24, 2.45) is 17.8 Å². The normalized spacial score (nSPS) is 36.7. The van der Waals surface area contributed by atoms with Gasteiger partial charge in [0, 0.05) is 23.2 Å². The van der Waals surface area contributed by atoms with Gasteiger partial charge >= 0.3 is 0 Å². The zero-order valence-corrected chi connectivity index (χ0v) is 20.0. The van der Waals surface area contributed by atoms with E-state index in [-0.39, 0.29) is 46.4 Å². The molecule has 0 aromatic heterocycles. The third-order valence-electron chi connectivity index (χ3n) is 6.30. The molecule has 0 aliphatic carbocycles. The lowest BCUT2D eigenvalue weighted by molar-refractivity contribution is -0.143. The van der Waals surface area contributed by atoms with Crippen molar-refractivity contribution in [1.29, 1.82) is 0 Å². The molecule has 7 nitrogen and oxygen atoms in total. The Morgan fingerprint density at radius 2 is 1.97 bits per heavy atom. The molecule has 164 valence electrons. The van der Waals surface area contributed by atoms with Gasteiger partial charge < -0.3 is 20.6 Å². The fourth-order valence-corrected chi connectivity index (χ4v) is 9.01. The van der Waals surface area contributed by atoms with Crippen LogP contribution in [0.5, 0.6) is 0 Å². The Bertz CT molecular complexity index is 691. The molecule has 3 aliphatic heterocycles. The number of aliphatic hydroxyl groups is 1. The SMILES string of the molecule is CNC(=O)[C@H]1[C@H]2C(=O)N([C@@H](CO)CC(C)C)C(C(=O)NC(C)C)C23CC(Br)[C@@H]1S3. The number of hydrogen-bond acceptors (Lipinski definition) is 5. The summed E-state index contributed by atoms with van der Waals surface area (Å²) in [5.41, 5.74) is 0. The zero-order chi connectivity index (χ0) is 21.7. The summed E-state index contributed by atoms with van der Waals surface area (Å²) < 4.78 is -0.656. The summed E-state index contributed by atoms with van der Waals surface area (Å²) in [6.45, 7) is 7.66. The van der Waals surface area contributed by atoms with Gasteiger partial charge in [0.1, 0.15) is 6.04 Å². The second kappa shape index (κ2) is 8.38. The van der Waals surface area contributed by atoms with Gasteiger partial charge in [-0.05, 0) is 32.6 Å². The van der Waals surface area contributed by atoms with E-state index in [1.54, 1.807) is 23.7 Å². The van der Waals surface area contributed by atoms with Crippen LogP contribution in [-0.2, 0) is 14.4 Å². The van der Waals surface area contributed by atoms with Crippen molar-refractivity contribution in [2.75, 3.05) is 13.7 Å². The van der Waals surface area contributed by atoms with Gasteiger partial charge in [0.05, 0.1) is 29.2 Å². The first kappa shape index (κ1) is 22.9. The number of thioether (sulfide) groups is 1. The number of amides is 3. The monoisotopic (exact) mass is 489 g/mol. The van der Waals surface area contributed by atoms with Crippen LogP contribution in [0, 0.1) is 17.8 Å². The topological polar surface area (TPSA) is 98.7 Å². The summed E-state index contributed by atoms with van der Waals surface area (Å²) >= 11 is 5.33. The number of halogens is 1. The average Bonchev–Trinajstić information content (AvgIpc) is 3.21. The molecule has 0 radical (unpaired) electrons. The first-order valence-corrected chi connectivity index (χ1v) is 12.1. The first-order valence-electron chi connectivity index (χ1n) is 10.4. The molecule has 3 fully saturated rings. The summed E-state index contributed by atoms with van der Waals surface area (Å²) in [6.07, 6.45) is 1.26. The van der Waals surface area contributed by atoms with Crippen molar-refractivity contribution in [3.8, 4) is 0 Å². The molecule has 0 aromatic rings. The fraction of sp³-hybridized carbons (Fsp3) is 0.850. The second-order valence-corrected chi connectivity index (χ2v) is 11.9. The summed E-state index contributed by atoms with van der Waals surface area (Å²) in [4.78, 5) is 41.5. The van der Waals surface area contributed by atoms with Crippen molar-refractivity contribution < 1.29 is 19.5 Å². The number of rotatable bonds is 7. The van der Waals surface area contributed by atoms with Gasteiger partial charge in [0.2, 0.25) is 17.7 Å². The smallest absolute Gasteiger partial charge is 0.244 e. The molecule has 29 heavy (non-hydrogen) atoms. The molecule has 0 aromatic carbocycles. The van der Waals surface area contributed by atoms with Crippen LogP contribution < -0.4 is 10.6 Å². The van der Waals surface area contributed by atoms with E-state index in [2.05, 4.69) is 26.6 Å². The Morgan fingerprint density at radius 3 is 2.48 bits per heavy atom. The minimum Gasteiger partial charge on any atom is -0.394 e. The van der Waals surface area contributed by atoms with Crippen molar-refractivity contribution in [3.05, 3.63) is 0 Å². The standard InChI is InChI=1S/C20H32BrN3O4S/c1-9(2)6-11(8-25)24-16(18(27)23-10(3)4)20-7-12(21)15(29-20)13(17(26)22-5)14(20)19(24)28/h9-16,25H,6-8H2,1-5H3,(H,22,26)(H,23,27)/t11-,12?,13+,14+,15+,16?,20?/m1/s1. The van der Waals surface area contributed by atoms with E-state index in [9.17, 15) is 19.5 Å². The highest BCUT2D eigenvalue weighted by atomic mass is 79.9. The Kier molecular flexibility index (Phi) is 6.61. The van der Waals surface area contributed by atoms with Gasteiger partial charge in [-0.25, -0.2) is 0 Å². The fourth-order valence-electron chi connectivity index (χ4n) is 5.41. The van der Waals surface area contributed by atoms with Gasteiger partial charge in [0.15, 0.2) is 0 Å². The largest absolute Gasteiger partial charge is 0.394 e. The molecule has 3 amide bonds. The number of likely N-dealkylation sites (tertiary alicyclic amines) is 1. The van der Waals surface area contributed by atoms with Gasteiger partial charge in [-0.3, -0.25) is 14.4 Å². The molecular formula is C20H32BrN3O4S. The quantitative estimate of drug-likeness (QED) is 0.465. The highest BCUT2D eigenvalue weighted by Crippen LogP contribution is 2.68. The molecule has 9 heteroatoms. The Labute approximate surface area is 185 Å². The highest BCUT2D eigenvalue weighted by Gasteiger charge is 2.76. The minimum atomic E-state index is -0.692. The maximum atomic E-state index is 13.7. The van der Waals surface area contributed by atoms with Crippen LogP contribution in [0.1, 0.15) is 40.5 Å². The second-order valence-electron chi connectivity index (χ2n) is 9.15. The summed E-state index contributed by atoms with van der Waals surface area (Å²) in [5.74, 6) is -1.28. The zero-order valence-electron chi connectivity index (χ0n) is 17.6. The molecule has 7 atom stereocenters. The summed E-state index contributed by atoms with van der Waals surface area (Å²) in [6, 6.07) is -1.20. The van der Waals surface area contributed by atoms with E-state index in [1.807, 2.05) is 27.7 Å². The number of alkyl halides is 1. The van der Waals surface area contributed by atoms with Crippen LogP contribution in [0.15, 0.2) is 0 Å². The molecule has 3 heterocycles. The van der Waals surface area contributed by atoms with Crippen molar-refractivity contribution in [1.82, 2.24) is 15.5 Å². The van der Waals surface area contributed by atoms with E-state index in [1.165, 1.54) is 0 Å². The molecule has 3 rings (SSSR count). The Morgan fingerprint density at radius 1 is 1.31 bits per heavy atom. The third-order valence-corrected chi connectivity index (χ3v) is 9.52. The van der Waals surface area contributed by atoms with Crippen LogP contribution in [0.4, 0.5) is 0 Å². The van der Waals surface area contributed by atoms with Crippen molar-refractivity contribution in [2.45, 2.75) is 73.5 Å².